The maximum Gasteiger partial charge on any atom is 0.0460 e. The van der Waals surface area contributed by atoms with Crippen LogP contribution in [0.2, 0.25) is 0 Å². The Bertz CT molecular complexity index is 93.6. The Morgan fingerprint density at radius 1 is 1.50 bits per heavy atom. The van der Waals surface area contributed by atoms with Crippen LogP contribution in [0.4, 0.5) is 0 Å². The molecule has 1 heterocycles. The molecule has 0 aromatic heterocycles. The van der Waals surface area contributed by atoms with E-state index in [0.717, 1.165) is 26.5 Å². The van der Waals surface area contributed by atoms with Gasteiger partial charge < -0.3 is 15.5 Å². The summed E-state index contributed by atoms with van der Waals surface area (Å²) in [6, 6.07) is 0.658. The summed E-state index contributed by atoms with van der Waals surface area (Å²) in [5.41, 5.74) is 0. The zero-order valence-electron chi connectivity index (χ0n) is 8.08. The fourth-order valence-corrected chi connectivity index (χ4v) is 1.57. The van der Waals surface area contributed by atoms with Crippen LogP contribution in [0.15, 0.2) is 0 Å². The fourth-order valence-electron chi connectivity index (χ4n) is 1.57. The summed E-state index contributed by atoms with van der Waals surface area (Å²) in [6.45, 7) is 3.65. The van der Waals surface area contributed by atoms with E-state index in [1.807, 2.05) is 0 Å². The zero-order valence-corrected chi connectivity index (χ0v) is 8.08. The highest BCUT2D eigenvalue weighted by Gasteiger charge is 2.18. The van der Waals surface area contributed by atoms with Crippen molar-refractivity contribution in [3.05, 3.63) is 0 Å². The lowest BCUT2D eigenvalue weighted by molar-refractivity contribution is 0.174. The van der Waals surface area contributed by atoms with E-state index in [4.69, 9.17) is 10.2 Å². The van der Waals surface area contributed by atoms with Crippen molar-refractivity contribution in [3.63, 3.8) is 0 Å². The Morgan fingerprint density at radius 2 is 2.17 bits per heavy atom. The monoisotopic (exact) mass is 177 g/mol. The van der Waals surface area contributed by atoms with E-state index in [2.05, 4.69) is 12.2 Å². The summed E-state index contributed by atoms with van der Waals surface area (Å²) in [5.74, 6) is 0.561. The van der Waals surface area contributed by atoms with Gasteiger partial charge in [0.1, 0.15) is 0 Å². The molecule has 3 nitrogen and oxygen atoms in total. The summed E-state index contributed by atoms with van der Waals surface area (Å²) < 4.78 is 0. The fraction of sp³-hybridized carbons (Fsp3) is 1.00. The molecule has 0 aromatic carbocycles. The molecule has 1 saturated heterocycles. The molecule has 1 aliphatic rings. The van der Waals surface area contributed by atoms with Gasteiger partial charge in [-0.25, -0.2) is 0 Å². The third-order valence-electron chi connectivity index (χ3n) is 2.35. The molecule has 0 saturated carbocycles. The molecule has 1 rings (SSSR count). The van der Waals surface area contributed by atoms with Crippen molar-refractivity contribution in [1.29, 1.82) is 0 Å². The van der Waals surface area contributed by atoms with Crippen LogP contribution >= 0.6 is 0 Å². The molecule has 76 valence electrons. The predicted molar refractivity (Wildman–Crippen MR) is 52.1 cm³/mol. The second-order valence-electron chi connectivity index (χ2n) is 3.13. The van der Waals surface area contributed by atoms with Gasteiger partial charge in [0.2, 0.25) is 0 Å². The zero-order chi connectivity index (χ0) is 9.40. The first-order valence-electron chi connectivity index (χ1n) is 4.65. The van der Waals surface area contributed by atoms with E-state index in [0.29, 0.717) is 18.6 Å². The minimum Gasteiger partial charge on any atom is -0.400 e. The van der Waals surface area contributed by atoms with E-state index in [1.165, 1.54) is 6.42 Å². The summed E-state index contributed by atoms with van der Waals surface area (Å²) in [5, 5.41) is 19.3. The quantitative estimate of drug-likeness (QED) is 0.579. The molecule has 0 radical (unpaired) electrons. The van der Waals surface area contributed by atoms with Gasteiger partial charge in [-0.15, -0.1) is 0 Å². The molecule has 1 aliphatic heterocycles. The van der Waals surface area contributed by atoms with E-state index < -0.39 is 0 Å². The number of aliphatic hydroxyl groups excluding tert-OH is 2. The third-order valence-corrected chi connectivity index (χ3v) is 2.35. The first-order valence-corrected chi connectivity index (χ1v) is 4.65. The highest BCUT2D eigenvalue weighted by molar-refractivity contribution is 4.76. The lowest BCUT2D eigenvalue weighted by Crippen LogP contribution is -2.38. The van der Waals surface area contributed by atoms with Gasteiger partial charge in [0, 0.05) is 21.2 Å². The summed E-state index contributed by atoms with van der Waals surface area (Å²) in [7, 11) is 1.00. The van der Waals surface area contributed by atoms with Crippen molar-refractivity contribution >= 4 is 0 Å². The average Bonchev–Trinajstić information content (AvgIpc) is 2.21. The van der Waals surface area contributed by atoms with Gasteiger partial charge >= 0.3 is 0 Å². The lowest BCUT2D eigenvalue weighted by atomic mass is 9.92. The van der Waals surface area contributed by atoms with Gasteiger partial charge in [0.05, 0.1) is 0 Å². The Kier molecular flexibility index (Phi) is 7.45. The van der Waals surface area contributed by atoms with Gasteiger partial charge in [-0.1, -0.05) is 6.92 Å². The van der Waals surface area contributed by atoms with Crippen LogP contribution < -0.4 is 5.32 Å². The Morgan fingerprint density at radius 3 is 2.67 bits per heavy atom. The van der Waals surface area contributed by atoms with Gasteiger partial charge in [0.25, 0.3) is 0 Å². The van der Waals surface area contributed by atoms with Crippen LogP contribution in [0.5, 0.6) is 0 Å². The van der Waals surface area contributed by atoms with Crippen molar-refractivity contribution in [2.75, 3.05) is 20.3 Å². The molecule has 0 aromatic rings. The van der Waals surface area contributed by atoms with Gasteiger partial charge in [0.15, 0.2) is 0 Å². The van der Waals surface area contributed by atoms with Crippen LogP contribution in [0.25, 0.3) is 0 Å². The van der Waals surface area contributed by atoms with E-state index in [9.17, 15) is 0 Å². The van der Waals surface area contributed by atoms with Crippen molar-refractivity contribution in [3.8, 4) is 0 Å². The summed E-state index contributed by atoms with van der Waals surface area (Å²) in [4.78, 5) is 0. The number of nitrogens with one attached hydrogen (secondary N) is 1. The highest BCUT2D eigenvalue weighted by atomic mass is 16.3. The molecule has 2 atom stereocenters. The van der Waals surface area contributed by atoms with Crippen LogP contribution in [0.1, 0.15) is 27.6 Å². The highest BCUT2D eigenvalue weighted by Crippen LogP contribution is 2.16. The number of piperidine rings is 1. The average molecular weight is 177 g/mol. The maximum absolute atomic E-state index is 8.88. The number of hydrogen-bond donors (Lipinski definition) is 3. The SMILES string of the molecule is CC[C@@H]1C[C@H](CO)CCN1.CO.[HH]. The molecule has 3 heteroatoms. The molecule has 0 unspecified atom stereocenters. The van der Waals surface area contributed by atoms with Crippen LogP contribution in [-0.2, 0) is 0 Å². The van der Waals surface area contributed by atoms with Gasteiger partial charge in [-0.05, 0) is 31.7 Å². The summed E-state index contributed by atoms with van der Waals surface area (Å²) >= 11 is 0. The molecular formula is C9H23NO2. The Labute approximate surface area is 76.3 Å². The van der Waals surface area contributed by atoms with E-state index in [-0.39, 0.29) is 1.43 Å². The van der Waals surface area contributed by atoms with Gasteiger partial charge in [-0.3, -0.25) is 0 Å². The second-order valence-corrected chi connectivity index (χ2v) is 3.13. The Hall–Kier alpha value is -0.120. The second kappa shape index (κ2) is 7.53. The van der Waals surface area contributed by atoms with Crippen LogP contribution in [0, 0.1) is 5.92 Å². The smallest absolute Gasteiger partial charge is 0.0460 e. The molecule has 1 fully saturated rings. The van der Waals surface area contributed by atoms with E-state index >= 15 is 0 Å². The van der Waals surface area contributed by atoms with Crippen molar-refractivity contribution < 1.29 is 11.6 Å². The first kappa shape index (κ1) is 11.9. The van der Waals surface area contributed by atoms with Crippen molar-refractivity contribution in [2.24, 2.45) is 5.92 Å². The molecule has 0 amide bonds. The minimum atomic E-state index is 0. The third kappa shape index (κ3) is 4.04. The molecule has 0 spiro atoms. The molecule has 3 N–H and O–H groups in total. The van der Waals surface area contributed by atoms with Gasteiger partial charge in [-0.2, -0.15) is 0 Å². The minimum absolute atomic E-state index is 0. The van der Waals surface area contributed by atoms with Crippen LogP contribution in [-0.4, -0.2) is 36.5 Å². The number of hydrogen-bond acceptors (Lipinski definition) is 3. The number of rotatable bonds is 2. The first-order chi connectivity index (χ1) is 5.86. The normalized spacial score (nSPS) is 29.0. The van der Waals surface area contributed by atoms with Crippen molar-refractivity contribution in [1.82, 2.24) is 5.32 Å². The van der Waals surface area contributed by atoms with E-state index in [1.54, 1.807) is 0 Å². The molecular weight excluding hydrogens is 154 g/mol. The van der Waals surface area contributed by atoms with Crippen LogP contribution in [0.3, 0.4) is 0 Å². The van der Waals surface area contributed by atoms with Crippen molar-refractivity contribution in [2.45, 2.75) is 32.2 Å². The molecule has 0 bridgehead atoms. The largest absolute Gasteiger partial charge is 0.400 e. The molecule has 0 aliphatic carbocycles. The Balaban J connectivity index is 0. The maximum atomic E-state index is 8.88. The standard InChI is InChI=1S/C8H17NO.CH4O.H2/c1-2-8-5-7(6-10)3-4-9-8;1-2;/h7-10H,2-6H2,1H3;2H,1H3;1H/t7-,8-;;/m1../s1. The lowest BCUT2D eigenvalue weighted by Gasteiger charge is -2.28. The molecule has 12 heavy (non-hydrogen) atoms. The topological polar surface area (TPSA) is 52.5 Å². The predicted octanol–water partition coefficient (Wildman–Crippen LogP) is 0.611. The number of aliphatic hydroxyl groups is 2. The summed E-state index contributed by atoms with van der Waals surface area (Å²) in [6.07, 6.45) is 3.50.